The maximum atomic E-state index is 14.0. The molecule has 0 aliphatic heterocycles. The van der Waals surface area contributed by atoms with E-state index in [1.807, 2.05) is 49.4 Å². The Bertz CT molecular complexity index is 1980. The van der Waals surface area contributed by atoms with Crippen molar-refractivity contribution in [3.8, 4) is 0 Å². The quantitative estimate of drug-likeness (QED) is 0.0991. The zero-order chi connectivity index (χ0) is 33.1. The molecule has 242 valence electrons. The summed E-state index contributed by atoms with van der Waals surface area (Å²) >= 11 is 0. The minimum absolute atomic E-state index is 0.0530. The first kappa shape index (κ1) is 32.2. The molecule has 0 bridgehead atoms. The molecule has 1 heterocycles. The number of aromatic nitrogens is 1. The predicted molar refractivity (Wildman–Crippen MR) is 179 cm³/mol. The van der Waals surface area contributed by atoms with Gasteiger partial charge in [0.05, 0.1) is 27.9 Å². The van der Waals surface area contributed by atoms with E-state index >= 15 is 0 Å². The molecule has 47 heavy (non-hydrogen) atoms. The second-order valence-electron chi connectivity index (χ2n) is 12.4. The summed E-state index contributed by atoms with van der Waals surface area (Å²) in [6.45, 7) is 3.80. The van der Waals surface area contributed by atoms with Crippen LogP contribution >= 0.6 is 0 Å². The van der Waals surface area contributed by atoms with E-state index in [9.17, 15) is 23.1 Å². The number of carboxylic acids is 1. The summed E-state index contributed by atoms with van der Waals surface area (Å²) in [5.74, 6) is -1.06. The first-order valence-corrected chi connectivity index (χ1v) is 16.1. The molecule has 1 N–H and O–H groups in total. The molecule has 5 aromatic rings. The number of alkyl halides is 3. The third-order valence-electron chi connectivity index (χ3n) is 9.25. The van der Waals surface area contributed by atoms with E-state index in [-0.39, 0.29) is 18.1 Å². The van der Waals surface area contributed by atoms with Crippen LogP contribution < -0.4 is 0 Å². The van der Waals surface area contributed by atoms with E-state index in [4.69, 9.17) is 9.82 Å². The van der Waals surface area contributed by atoms with Gasteiger partial charge in [-0.2, -0.15) is 13.2 Å². The number of benzene rings is 4. The van der Waals surface area contributed by atoms with E-state index in [0.29, 0.717) is 28.8 Å². The van der Waals surface area contributed by atoms with Crippen molar-refractivity contribution >= 4 is 33.5 Å². The lowest BCUT2D eigenvalue weighted by Crippen LogP contribution is -2.15. The molecule has 0 saturated heterocycles. The van der Waals surface area contributed by atoms with E-state index in [1.54, 1.807) is 24.3 Å². The summed E-state index contributed by atoms with van der Waals surface area (Å²) in [5, 5.41) is 15.9. The number of hydrogen-bond acceptors (Lipinski definition) is 4. The van der Waals surface area contributed by atoms with Gasteiger partial charge in [-0.25, -0.2) is 9.78 Å². The highest BCUT2D eigenvalue weighted by atomic mass is 19.4. The van der Waals surface area contributed by atoms with Crippen LogP contribution in [0.15, 0.2) is 84.0 Å². The second kappa shape index (κ2) is 13.6. The molecule has 4 aromatic carbocycles. The monoisotopic (exact) mass is 638 g/mol. The molecule has 1 aliphatic carbocycles. The van der Waals surface area contributed by atoms with Crippen molar-refractivity contribution in [2.24, 2.45) is 5.16 Å². The number of pyridine rings is 1. The third-order valence-corrected chi connectivity index (χ3v) is 9.25. The number of carboxylic acid groups (broad SMARTS) is 1. The van der Waals surface area contributed by atoms with Gasteiger partial charge in [-0.05, 0) is 108 Å². The van der Waals surface area contributed by atoms with Crippen LogP contribution in [-0.4, -0.2) is 21.8 Å². The van der Waals surface area contributed by atoms with E-state index in [0.717, 1.165) is 77.1 Å². The van der Waals surface area contributed by atoms with Crippen LogP contribution in [-0.2, 0) is 30.5 Å². The minimum atomic E-state index is -4.42. The van der Waals surface area contributed by atoms with Crippen molar-refractivity contribution in [3.63, 3.8) is 0 Å². The zero-order valence-electron chi connectivity index (χ0n) is 26.5. The number of para-hydroxylation sites is 1. The lowest BCUT2D eigenvalue weighted by molar-refractivity contribution is -0.138. The van der Waals surface area contributed by atoms with E-state index in [2.05, 4.69) is 18.1 Å². The molecular weight excluding hydrogens is 601 g/mol. The lowest BCUT2D eigenvalue weighted by atomic mass is 9.81. The highest BCUT2D eigenvalue weighted by Crippen LogP contribution is 2.41. The summed E-state index contributed by atoms with van der Waals surface area (Å²) in [5.41, 5.74) is 6.34. The van der Waals surface area contributed by atoms with Gasteiger partial charge in [0.2, 0.25) is 0 Å². The third kappa shape index (κ3) is 7.17. The van der Waals surface area contributed by atoms with Crippen LogP contribution in [0.5, 0.6) is 0 Å². The van der Waals surface area contributed by atoms with Crippen LogP contribution in [0.2, 0.25) is 0 Å². The van der Waals surface area contributed by atoms with Crippen molar-refractivity contribution < 1.29 is 27.9 Å². The fourth-order valence-electron chi connectivity index (χ4n) is 6.74. The van der Waals surface area contributed by atoms with Gasteiger partial charge in [-0.3, -0.25) is 0 Å². The summed E-state index contributed by atoms with van der Waals surface area (Å²) in [6.07, 6.45) is 1.43. The fraction of sp³-hybridized carbons (Fsp3) is 0.308. The molecule has 0 atom stereocenters. The van der Waals surface area contributed by atoms with Crippen molar-refractivity contribution in [2.45, 2.75) is 77.5 Å². The van der Waals surface area contributed by atoms with Crippen molar-refractivity contribution in [1.82, 2.24) is 4.98 Å². The molecule has 0 unspecified atom stereocenters. The maximum absolute atomic E-state index is 14.0. The molecule has 1 fully saturated rings. The molecule has 1 aliphatic rings. The van der Waals surface area contributed by atoms with Crippen LogP contribution in [0.1, 0.15) is 101 Å². The zero-order valence-corrected chi connectivity index (χ0v) is 26.5. The average Bonchev–Trinajstić information content (AvgIpc) is 3.07. The van der Waals surface area contributed by atoms with Gasteiger partial charge in [-0.15, -0.1) is 0 Å². The summed E-state index contributed by atoms with van der Waals surface area (Å²) in [4.78, 5) is 22.3. The second-order valence-corrected chi connectivity index (χ2v) is 12.4. The topological polar surface area (TPSA) is 71.8 Å². The van der Waals surface area contributed by atoms with Gasteiger partial charge in [0, 0.05) is 10.8 Å². The SMILES string of the molecule is CCc1cc(/C(C)=N/OCc2ccc(C3CCCCC3)c(C(F)(F)F)c2)ccc1Cc1cc(C(=O)O)cc2nc3ccccc3cc12. The number of fused-ring (bicyclic) bond motifs is 2. The van der Waals surface area contributed by atoms with Gasteiger partial charge in [0.25, 0.3) is 0 Å². The Kier molecular flexibility index (Phi) is 9.30. The molecule has 6 rings (SSSR count). The van der Waals surface area contributed by atoms with Gasteiger partial charge >= 0.3 is 12.1 Å². The first-order chi connectivity index (χ1) is 22.6. The van der Waals surface area contributed by atoms with Gasteiger partial charge < -0.3 is 9.94 Å². The lowest BCUT2D eigenvalue weighted by Gasteiger charge is -2.25. The number of aryl methyl sites for hydroxylation is 1. The summed E-state index contributed by atoms with van der Waals surface area (Å²) in [7, 11) is 0. The number of halogens is 3. The van der Waals surface area contributed by atoms with E-state index < -0.39 is 17.7 Å². The van der Waals surface area contributed by atoms with E-state index in [1.165, 1.54) is 6.07 Å². The Morgan fingerprint density at radius 3 is 2.40 bits per heavy atom. The smallest absolute Gasteiger partial charge is 0.416 e. The molecule has 0 radical (unpaired) electrons. The normalized spacial score (nSPS) is 14.5. The molecular formula is C39H37F3N2O3. The molecule has 5 nitrogen and oxygen atoms in total. The Morgan fingerprint density at radius 2 is 1.66 bits per heavy atom. The molecule has 0 amide bonds. The highest BCUT2D eigenvalue weighted by Gasteiger charge is 2.35. The standard InChI is InChI=1S/C39H37F3N2O3/c1-3-26-18-28(24(2)44-47-23-25-13-16-33(27-9-5-4-6-10-27)35(17-25)39(40,41)42)14-15-29(26)19-31-20-32(38(45)46)22-37-34(31)21-30-11-7-8-12-36(30)43-37/h7-8,11-18,20-22,27H,3-6,9-10,19,23H2,1-2H3,(H,45,46)/b44-24+. The Labute approximate surface area is 272 Å². The first-order valence-electron chi connectivity index (χ1n) is 16.1. The van der Waals surface area contributed by atoms with Crippen LogP contribution in [0.25, 0.3) is 21.8 Å². The average molecular weight is 639 g/mol. The Morgan fingerprint density at radius 1 is 0.894 bits per heavy atom. The van der Waals surface area contributed by atoms with Gasteiger partial charge in [0.1, 0.15) is 6.61 Å². The highest BCUT2D eigenvalue weighted by molar-refractivity contribution is 6.00. The number of carbonyl (C=O) groups is 1. The molecule has 1 aromatic heterocycles. The van der Waals surface area contributed by atoms with Gasteiger partial charge in [-0.1, -0.05) is 73.8 Å². The van der Waals surface area contributed by atoms with Crippen LogP contribution in [0.4, 0.5) is 13.2 Å². The maximum Gasteiger partial charge on any atom is 0.416 e. The van der Waals surface area contributed by atoms with Gasteiger partial charge in [0.15, 0.2) is 0 Å². The van der Waals surface area contributed by atoms with Crippen molar-refractivity contribution in [2.75, 3.05) is 0 Å². The van der Waals surface area contributed by atoms with Crippen LogP contribution in [0, 0.1) is 0 Å². The van der Waals surface area contributed by atoms with Crippen molar-refractivity contribution in [3.05, 3.63) is 123 Å². The van der Waals surface area contributed by atoms with Crippen LogP contribution in [0.3, 0.4) is 0 Å². The minimum Gasteiger partial charge on any atom is -0.478 e. The predicted octanol–water partition coefficient (Wildman–Crippen LogP) is 10.2. The number of hydrogen-bond donors (Lipinski definition) is 1. The summed E-state index contributed by atoms with van der Waals surface area (Å²) < 4.78 is 42.0. The Hall–Kier alpha value is -4.72. The number of nitrogens with zero attached hydrogens (tertiary/aromatic N) is 2. The number of oxime groups is 1. The summed E-state index contributed by atoms with van der Waals surface area (Å²) in [6, 6.07) is 23.7. The Balaban J connectivity index is 1.22. The van der Waals surface area contributed by atoms with Crippen molar-refractivity contribution in [1.29, 1.82) is 0 Å². The fourth-order valence-corrected chi connectivity index (χ4v) is 6.74. The molecule has 8 heteroatoms. The largest absolute Gasteiger partial charge is 0.478 e. The molecule has 0 spiro atoms. The number of rotatable bonds is 9. The molecule has 1 saturated carbocycles. The number of aromatic carboxylic acids is 1.